The van der Waals surface area contributed by atoms with E-state index >= 15 is 0 Å². The lowest BCUT2D eigenvalue weighted by Gasteiger charge is -2.31. The third-order valence-corrected chi connectivity index (χ3v) is 4.48. The Kier molecular flexibility index (Phi) is 9.50. The molecule has 0 radical (unpaired) electrons. The minimum absolute atomic E-state index is 0.394. The van der Waals surface area contributed by atoms with Gasteiger partial charge in [-0.25, -0.2) is 0 Å². The monoisotopic (exact) mass is 360 g/mol. The highest BCUT2D eigenvalue weighted by Crippen LogP contribution is 2.16. The molecule has 1 aromatic carbocycles. The van der Waals surface area contributed by atoms with E-state index in [-0.39, 0.29) is 0 Å². The van der Waals surface area contributed by atoms with Gasteiger partial charge in [-0.2, -0.15) is 0 Å². The molecule has 146 valence electrons. The van der Waals surface area contributed by atoms with Gasteiger partial charge in [0, 0.05) is 45.4 Å². The fourth-order valence-corrected chi connectivity index (χ4v) is 3.17. The van der Waals surface area contributed by atoms with Gasteiger partial charge in [0.05, 0.1) is 6.10 Å². The molecule has 1 heterocycles. The van der Waals surface area contributed by atoms with Gasteiger partial charge in [0.15, 0.2) is 5.96 Å². The molecule has 1 aromatic rings. The van der Waals surface area contributed by atoms with Crippen LogP contribution in [0, 0.1) is 0 Å². The van der Waals surface area contributed by atoms with Gasteiger partial charge in [-0.05, 0) is 45.6 Å². The fourth-order valence-electron chi connectivity index (χ4n) is 3.17. The summed E-state index contributed by atoms with van der Waals surface area (Å²) in [6.45, 7) is 12.1. The lowest BCUT2D eigenvalue weighted by Crippen LogP contribution is -2.41. The van der Waals surface area contributed by atoms with Crippen molar-refractivity contribution in [3.8, 4) is 0 Å². The lowest BCUT2D eigenvalue weighted by molar-refractivity contribution is 0.00566. The highest BCUT2D eigenvalue weighted by atomic mass is 16.5. The number of likely N-dealkylation sites (tertiary alicyclic amines) is 1. The first-order chi connectivity index (χ1) is 12.7. The molecule has 0 aromatic heterocycles. The standard InChI is InChI=1S/C21H36N4O/c1-4-22-21(24-18(2)3)23-13-8-16-26-20-11-14-25(15-12-20)17-19-9-6-5-7-10-19/h5-7,9-10,18,20H,4,8,11-17H2,1-3H3,(H2,22,23,24). The SMILES string of the molecule is CCNC(=NCCCOC1CCN(Cc2ccccc2)CC1)NC(C)C. The van der Waals surface area contributed by atoms with Crippen molar-refractivity contribution in [2.75, 3.05) is 32.8 Å². The van der Waals surface area contributed by atoms with Crippen LogP contribution in [-0.2, 0) is 11.3 Å². The molecule has 1 aliphatic heterocycles. The third kappa shape index (κ3) is 8.19. The summed E-state index contributed by atoms with van der Waals surface area (Å²) < 4.78 is 6.07. The van der Waals surface area contributed by atoms with Crippen LogP contribution in [-0.4, -0.2) is 55.8 Å². The lowest BCUT2D eigenvalue weighted by atomic mass is 10.1. The van der Waals surface area contributed by atoms with Crippen LogP contribution in [0.3, 0.4) is 0 Å². The van der Waals surface area contributed by atoms with Crippen LogP contribution in [0.1, 0.15) is 45.6 Å². The Labute approximate surface area is 159 Å². The number of aliphatic imine (C=N–C) groups is 1. The molecule has 0 bridgehead atoms. The molecule has 26 heavy (non-hydrogen) atoms. The Bertz CT molecular complexity index is 510. The van der Waals surface area contributed by atoms with E-state index in [1.165, 1.54) is 5.56 Å². The topological polar surface area (TPSA) is 48.9 Å². The van der Waals surface area contributed by atoms with E-state index in [0.29, 0.717) is 12.1 Å². The van der Waals surface area contributed by atoms with E-state index in [2.05, 4.69) is 71.6 Å². The van der Waals surface area contributed by atoms with Crippen molar-refractivity contribution in [1.29, 1.82) is 0 Å². The molecule has 5 nitrogen and oxygen atoms in total. The zero-order valence-electron chi connectivity index (χ0n) is 16.7. The number of nitrogens with zero attached hydrogens (tertiary/aromatic N) is 2. The minimum atomic E-state index is 0.394. The fraction of sp³-hybridized carbons (Fsp3) is 0.667. The summed E-state index contributed by atoms with van der Waals surface area (Å²) in [7, 11) is 0. The summed E-state index contributed by atoms with van der Waals surface area (Å²) in [5.74, 6) is 0.900. The molecule has 0 spiro atoms. The van der Waals surface area contributed by atoms with Crippen molar-refractivity contribution >= 4 is 5.96 Å². The summed E-state index contributed by atoms with van der Waals surface area (Å²) in [5, 5.41) is 6.61. The molecule has 5 heteroatoms. The number of hydrogen-bond acceptors (Lipinski definition) is 3. The molecular formula is C21H36N4O. The Morgan fingerprint density at radius 3 is 2.62 bits per heavy atom. The van der Waals surface area contributed by atoms with Crippen molar-refractivity contribution in [3.05, 3.63) is 35.9 Å². The summed E-state index contributed by atoms with van der Waals surface area (Å²) in [5.41, 5.74) is 1.40. The van der Waals surface area contributed by atoms with Crippen LogP contribution in [0.4, 0.5) is 0 Å². The Morgan fingerprint density at radius 2 is 1.96 bits per heavy atom. The largest absolute Gasteiger partial charge is 0.378 e. The maximum Gasteiger partial charge on any atom is 0.191 e. The van der Waals surface area contributed by atoms with Crippen LogP contribution in [0.5, 0.6) is 0 Å². The van der Waals surface area contributed by atoms with Crippen LogP contribution in [0.25, 0.3) is 0 Å². The second-order valence-electron chi connectivity index (χ2n) is 7.25. The second-order valence-corrected chi connectivity index (χ2v) is 7.25. The van der Waals surface area contributed by atoms with Gasteiger partial charge >= 0.3 is 0 Å². The van der Waals surface area contributed by atoms with E-state index < -0.39 is 0 Å². The summed E-state index contributed by atoms with van der Waals surface area (Å²) >= 11 is 0. The van der Waals surface area contributed by atoms with E-state index in [9.17, 15) is 0 Å². The smallest absolute Gasteiger partial charge is 0.191 e. The van der Waals surface area contributed by atoms with Gasteiger partial charge in [0.2, 0.25) is 0 Å². The summed E-state index contributed by atoms with van der Waals surface area (Å²) in [4.78, 5) is 7.13. The van der Waals surface area contributed by atoms with Gasteiger partial charge in [-0.1, -0.05) is 30.3 Å². The normalized spacial score (nSPS) is 16.8. The van der Waals surface area contributed by atoms with Gasteiger partial charge in [0.1, 0.15) is 0 Å². The van der Waals surface area contributed by atoms with Gasteiger partial charge in [-0.3, -0.25) is 9.89 Å². The first kappa shape index (κ1) is 20.7. The summed E-state index contributed by atoms with van der Waals surface area (Å²) in [6, 6.07) is 11.1. The molecule has 0 aliphatic carbocycles. The Hall–Kier alpha value is -1.59. The maximum atomic E-state index is 6.07. The molecule has 1 fully saturated rings. The molecule has 0 unspecified atom stereocenters. The number of benzene rings is 1. The number of rotatable bonds is 9. The zero-order chi connectivity index (χ0) is 18.6. The molecular weight excluding hydrogens is 324 g/mol. The van der Waals surface area contributed by atoms with E-state index in [1.807, 2.05) is 0 Å². The number of hydrogen-bond donors (Lipinski definition) is 2. The molecule has 1 saturated heterocycles. The van der Waals surface area contributed by atoms with Crippen LogP contribution in [0.15, 0.2) is 35.3 Å². The number of nitrogens with one attached hydrogen (secondary N) is 2. The van der Waals surface area contributed by atoms with Crippen molar-refractivity contribution in [2.24, 2.45) is 4.99 Å². The number of piperidine rings is 1. The van der Waals surface area contributed by atoms with Gasteiger partial charge in [-0.15, -0.1) is 0 Å². The van der Waals surface area contributed by atoms with Crippen molar-refractivity contribution in [3.63, 3.8) is 0 Å². The highest BCUT2D eigenvalue weighted by Gasteiger charge is 2.19. The number of ether oxygens (including phenoxy) is 1. The second kappa shape index (κ2) is 11.9. The van der Waals surface area contributed by atoms with Crippen molar-refractivity contribution < 1.29 is 4.74 Å². The van der Waals surface area contributed by atoms with Crippen LogP contribution >= 0.6 is 0 Å². The first-order valence-corrected chi connectivity index (χ1v) is 10.1. The Balaban J connectivity index is 1.58. The predicted molar refractivity (Wildman–Crippen MR) is 110 cm³/mol. The summed E-state index contributed by atoms with van der Waals surface area (Å²) in [6.07, 6.45) is 3.65. The predicted octanol–water partition coefficient (Wildman–Crippen LogP) is 3.02. The molecule has 1 aliphatic rings. The first-order valence-electron chi connectivity index (χ1n) is 10.1. The van der Waals surface area contributed by atoms with Crippen molar-refractivity contribution in [1.82, 2.24) is 15.5 Å². The van der Waals surface area contributed by atoms with E-state index in [1.54, 1.807) is 0 Å². The molecule has 0 saturated carbocycles. The molecule has 2 N–H and O–H groups in total. The van der Waals surface area contributed by atoms with E-state index in [0.717, 1.165) is 64.6 Å². The average Bonchev–Trinajstić information content (AvgIpc) is 2.63. The quantitative estimate of drug-likeness (QED) is 0.404. The zero-order valence-corrected chi connectivity index (χ0v) is 16.7. The van der Waals surface area contributed by atoms with Crippen LogP contribution < -0.4 is 10.6 Å². The Morgan fingerprint density at radius 1 is 1.23 bits per heavy atom. The average molecular weight is 361 g/mol. The van der Waals surface area contributed by atoms with Crippen molar-refractivity contribution in [2.45, 2.75) is 58.7 Å². The maximum absolute atomic E-state index is 6.07. The third-order valence-electron chi connectivity index (χ3n) is 4.48. The molecule has 2 rings (SSSR count). The number of guanidine groups is 1. The van der Waals surface area contributed by atoms with Gasteiger partial charge < -0.3 is 15.4 Å². The van der Waals surface area contributed by atoms with Crippen LogP contribution in [0.2, 0.25) is 0 Å². The van der Waals surface area contributed by atoms with Gasteiger partial charge in [0.25, 0.3) is 0 Å². The minimum Gasteiger partial charge on any atom is -0.378 e. The highest BCUT2D eigenvalue weighted by molar-refractivity contribution is 5.79. The molecule has 0 atom stereocenters. The van der Waals surface area contributed by atoms with E-state index in [4.69, 9.17) is 4.74 Å². The molecule has 0 amide bonds.